The predicted molar refractivity (Wildman–Crippen MR) is 125 cm³/mol. The van der Waals surface area contributed by atoms with E-state index in [-0.39, 0.29) is 5.54 Å². The summed E-state index contributed by atoms with van der Waals surface area (Å²) in [5.41, 5.74) is 2.88. The topological polar surface area (TPSA) is 52.1 Å². The molecule has 0 aromatic heterocycles. The number of benzene rings is 1. The second-order valence-corrected chi connectivity index (χ2v) is 8.94. The number of hydrogen-bond acceptors (Lipinski definition) is 4. The molecule has 0 amide bonds. The van der Waals surface area contributed by atoms with Gasteiger partial charge in [-0.15, -0.1) is 0 Å². The van der Waals surface area contributed by atoms with Gasteiger partial charge in [0.05, 0.1) is 19.8 Å². The molecule has 2 aliphatic rings. The van der Waals surface area contributed by atoms with Gasteiger partial charge in [0.1, 0.15) is 0 Å². The van der Waals surface area contributed by atoms with Crippen molar-refractivity contribution >= 4 is 5.96 Å². The largest absolute Gasteiger partial charge is 0.379 e. The van der Waals surface area contributed by atoms with Crippen LogP contribution in [0.4, 0.5) is 0 Å². The highest BCUT2D eigenvalue weighted by Gasteiger charge is 2.38. The molecule has 0 unspecified atom stereocenters. The first-order chi connectivity index (χ1) is 14.6. The van der Waals surface area contributed by atoms with Crippen LogP contribution >= 0.6 is 0 Å². The lowest BCUT2D eigenvalue weighted by molar-refractivity contribution is -0.0352. The minimum absolute atomic E-state index is 0.237. The van der Waals surface area contributed by atoms with Crippen LogP contribution in [0.15, 0.2) is 29.3 Å². The molecule has 0 atom stereocenters. The molecule has 2 N–H and O–H groups in total. The lowest BCUT2D eigenvalue weighted by Crippen LogP contribution is -2.60. The SMILES string of the molecule is CCNC(=NCc1ccccc1CN(C)C)NCC1(N2CCOCC2)CCCCC1. The average molecular weight is 416 g/mol. The number of aliphatic imine (C=N–C) groups is 1. The van der Waals surface area contributed by atoms with E-state index in [0.29, 0.717) is 6.54 Å². The standard InChI is InChI=1S/C24H41N5O/c1-4-25-23(26-18-21-10-6-7-11-22(21)19-28(2)3)27-20-24(12-8-5-9-13-24)29-14-16-30-17-15-29/h6-7,10-11H,4-5,8-9,12-20H2,1-3H3,(H2,25,26,27). The third-order valence-electron chi connectivity index (χ3n) is 6.41. The van der Waals surface area contributed by atoms with E-state index in [1.807, 2.05) is 0 Å². The van der Waals surface area contributed by atoms with Gasteiger partial charge in [0.25, 0.3) is 0 Å². The molecule has 168 valence electrons. The van der Waals surface area contributed by atoms with Crippen LogP contribution in [0, 0.1) is 0 Å². The molecular weight excluding hydrogens is 374 g/mol. The highest BCUT2D eigenvalue weighted by molar-refractivity contribution is 5.79. The van der Waals surface area contributed by atoms with E-state index in [4.69, 9.17) is 9.73 Å². The molecule has 1 heterocycles. The zero-order valence-corrected chi connectivity index (χ0v) is 19.3. The molecule has 1 aromatic rings. The van der Waals surface area contributed by atoms with E-state index in [1.54, 1.807) is 0 Å². The number of nitrogens with one attached hydrogen (secondary N) is 2. The van der Waals surface area contributed by atoms with Crippen LogP contribution in [-0.2, 0) is 17.8 Å². The molecule has 3 rings (SSSR count). The molecule has 1 saturated carbocycles. The van der Waals surface area contributed by atoms with E-state index in [2.05, 4.69) is 65.7 Å². The fourth-order valence-corrected chi connectivity index (χ4v) is 4.81. The van der Waals surface area contributed by atoms with Crippen molar-refractivity contribution in [3.8, 4) is 0 Å². The second-order valence-electron chi connectivity index (χ2n) is 8.94. The van der Waals surface area contributed by atoms with Gasteiger partial charge < -0.3 is 20.3 Å². The molecule has 0 spiro atoms. The minimum atomic E-state index is 0.237. The number of hydrogen-bond donors (Lipinski definition) is 2. The van der Waals surface area contributed by atoms with Gasteiger partial charge >= 0.3 is 0 Å². The summed E-state index contributed by atoms with van der Waals surface area (Å²) in [5, 5.41) is 7.16. The fraction of sp³-hybridized carbons (Fsp3) is 0.708. The summed E-state index contributed by atoms with van der Waals surface area (Å²) in [6.07, 6.45) is 6.55. The minimum Gasteiger partial charge on any atom is -0.379 e. The van der Waals surface area contributed by atoms with Crippen molar-refractivity contribution in [2.75, 3.05) is 53.5 Å². The molecule has 2 fully saturated rings. The molecule has 1 aliphatic heterocycles. The van der Waals surface area contributed by atoms with Crippen molar-refractivity contribution in [1.82, 2.24) is 20.4 Å². The highest BCUT2D eigenvalue weighted by atomic mass is 16.5. The third-order valence-corrected chi connectivity index (χ3v) is 6.41. The van der Waals surface area contributed by atoms with Crippen molar-refractivity contribution in [2.45, 2.75) is 57.7 Å². The van der Waals surface area contributed by atoms with Gasteiger partial charge in [-0.3, -0.25) is 4.90 Å². The Hall–Kier alpha value is -1.63. The van der Waals surface area contributed by atoms with E-state index >= 15 is 0 Å². The van der Waals surface area contributed by atoms with Crippen molar-refractivity contribution < 1.29 is 4.74 Å². The van der Waals surface area contributed by atoms with Gasteiger partial charge in [0.2, 0.25) is 0 Å². The second kappa shape index (κ2) is 11.7. The van der Waals surface area contributed by atoms with E-state index in [1.165, 1.54) is 43.2 Å². The molecule has 30 heavy (non-hydrogen) atoms. The van der Waals surface area contributed by atoms with E-state index in [0.717, 1.165) is 51.9 Å². The Morgan fingerprint density at radius 1 is 1.07 bits per heavy atom. The Labute approximate surface area is 183 Å². The molecule has 0 bridgehead atoms. The summed E-state index contributed by atoms with van der Waals surface area (Å²) >= 11 is 0. The monoisotopic (exact) mass is 415 g/mol. The van der Waals surface area contributed by atoms with Gasteiger partial charge in [-0.05, 0) is 45.0 Å². The number of morpholine rings is 1. The summed E-state index contributed by atoms with van der Waals surface area (Å²) in [4.78, 5) is 9.83. The number of guanidine groups is 1. The maximum absolute atomic E-state index is 5.62. The van der Waals surface area contributed by atoms with Gasteiger partial charge in [-0.1, -0.05) is 43.5 Å². The molecule has 6 heteroatoms. The van der Waals surface area contributed by atoms with Crippen LogP contribution < -0.4 is 10.6 Å². The molecule has 0 radical (unpaired) electrons. The van der Waals surface area contributed by atoms with E-state index in [9.17, 15) is 0 Å². The Kier molecular flexibility index (Phi) is 8.97. The summed E-state index contributed by atoms with van der Waals surface area (Å²) in [6, 6.07) is 8.63. The van der Waals surface area contributed by atoms with Crippen molar-refractivity contribution in [3.63, 3.8) is 0 Å². The molecule has 1 aromatic carbocycles. The normalized spacial score (nSPS) is 20.3. The van der Waals surface area contributed by atoms with Gasteiger partial charge in [0, 0.05) is 38.3 Å². The lowest BCUT2D eigenvalue weighted by atomic mass is 9.80. The Bertz CT molecular complexity index is 663. The summed E-state index contributed by atoms with van der Waals surface area (Å²) in [6.45, 7) is 9.42. The maximum Gasteiger partial charge on any atom is 0.191 e. The zero-order chi connectivity index (χ0) is 21.2. The van der Waals surface area contributed by atoms with Crippen LogP contribution in [0.2, 0.25) is 0 Å². The number of nitrogens with zero attached hydrogens (tertiary/aromatic N) is 3. The summed E-state index contributed by atoms with van der Waals surface area (Å²) < 4.78 is 5.62. The van der Waals surface area contributed by atoms with Crippen molar-refractivity contribution in [2.24, 2.45) is 4.99 Å². The third kappa shape index (κ3) is 6.43. The summed E-state index contributed by atoms with van der Waals surface area (Å²) in [7, 11) is 4.22. The first-order valence-electron chi connectivity index (χ1n) is 11.7. The van der Waals surface area contributed by atoms with Gasteiger partial charge in [-0.2, -0.15) is 0 Å². The fourth-order valence-electron chi connectivity index (χ4n) is 4.81. The van der Waals surface area contributed by atoms with Crippen LogP contribution in [0.25, 0.3) is 0 Å². The maximum atomic E-state index is 5.62. The number of ether oxygens (including phenoxy) is 1. The first kappa shape index (κ1) is 23.0. The first-order valence-corrected chi connectivity index (χ1v) is 11.7. The predicted octanol–water partition coefficient (Wildman–Crippen LogP) is 2.84. The molecular formula is C24H41N5O. The van der Waals surface area contributed by atoms with Gasteiger partial charge in [-0.25, -0.2) is 4.99 Å². The van der Waals surface area contributed by atoms with Crippen LogP contribution in [0.5, 0.6) is 0 Å². The van der Waals surface area contributed by atoms with Crippen LogP contribution in [0.1, 0.15) is 50.2 Å². The Morgan fingerprint density at radius 3 is 2.43 bits per heavy atom. The summed E-state index contributed by atoms with van der Waals surface area (Å²) in [5.74, 6) is 0.926. The van der Waals surface area contributed by atoms with Gasteiger partial charge in [0.15, 0.2) is 5.96 Å². The van der Waals surface area contributed by atoms with Crippen molar-refractivity contribution in [1.29, 1.82) is 0 Å². The van der Waals surface area contributed by atoms with Crippen LogP contribution in [0.3, 0.4) is 0 Å². The Morgan fingerprint density at radius 2 is 1.77 bits per heavy atom. The quantitative estimate of drug-likeness (QED) is 0.505. The molecule has 6 nitrogen and oxygen atoms in total. The highest BCUT2D eigenvalue weighted by Crippen LogP contribution is 2.33. The van der Waals surface area contributed by atoms with E-state index < -0.39 is 0 Å². The number of rotatable bonds is 8. The van der Waals surface area contributed by atoms with Crippen LogP contribution in [-0.4, -0.2) is 74.8 Å². The molecule has 1 saturated heterocycles. The smallest absolute Gasteiger partial charge is 0.191 e. The Balaban J connectivity index is 1.68. The average Bonchev–Trinajstić information content (AvgIpc) is 2.77. The molecule has 1 aliphatic carbocycles. The van der Waals surface area contributed by atoms with Crippen molar-refractivity contribution in [3.05, 3.63) is 35.4 Å². The zero-order valence-electron chi connectivity index (χ0n) is 19.3. The lowest BCUT2D eigenvalue weighted by Gasteiger charge is -2.48.